The molecule has 0 heterocycles. The summed E-state index contributed by atoms with van der Waals surface area (Å²) in [7, 11) is -1.69. The third-order valence-corrected chi connectivity index (χ3v) is 13.9. The lowest BCUT2D eigenvalue weighted by Gasteiger charge is -2.27. The maximum absolute atomic E-state index is 2.39. The summed E-state index contributed by atoms with van der Waals surface area (Å²) in [6, 6.07) is 43.0. The molecule has 156 valence electrons. The predicted octanol–water partition coefficient (Wildman–Crippen LogP) is 4.18. The quantitative estimate of drug-likeness (QED) is 0.345. The van der Waals surface area contributed by atoms with Crippen LogP contribution in [-0.2, 0) is 6.42 Å². The molecule has 0 N–H and O–H groups in total. The van der Waals surface area contributed by atoms with Crippen molar-refractivity contribution in [3.05, 3.63) is 126 Å². The Morgan fingerprint density at radius 3 is 1.74 bits per heavy atom. The van der Waals surface area contributed by atoms with Gasteiger partial charge in [-0.1, -0.05) is 137 Å². The summed E-state index contributed by atoms with van der Waals surface area (Å²) in [5.74, 6) is 0. The van der Waals surface area contributed by atoms with Gasteiger partial charge in [0.1, 0.15) is 8.80 Å². The number of rotatable bonds is 9. The Morgan fingerprint density at radius 2 is 1.16 bits per heavy atom. The summed E-state index contributed by atoms with van der Waals surface area (Å²) < 4.78 is 0. The van der Waals surface area contributed by atoms with Crippen LogP contribution in [0.1, 0.15) is 24.0 Å². The number of hydrogen-bond donors (Lipinski definition) is 0. The van der Waals surface area contributed by atoms with E-state index in [-0.39, 0.29) is 9.52 Å². The van der Waals surface area contributed by atoms with Crippen LogP contribution in [0.5, 0.6) is 0 Å². The minimum atomic E-state index is -1.31. The van der Waals surface area contributed by atoms with E-state index in [0.717, 1.165) is 5.16 Å². The Balaban J connectivity index is 1.62. The minimum absolute atomic E-state index is 0.381. The maximum atomic E-state index is 2.39. The van der Waals surface area contributed by atoms with Gasteiger partial charge in [-0.05, 0) is 36.1 Å². The predicted molar refractivity (Wildman–Crippen MR) is 142 cm³/mol. The van der Waals surface area contributed by atoms with Crippen LogP contribution in [0.25, 0.3) is 0 Å². The standard InChI is InChI=1S/C29H32Si2/c1-24-14-11-12-15-25(24)16-13-23-29(30-26-17-5-2-6-18-26)31(27-19-7-3-8-20-27)28-21-9-4-10-22-28/h2-12,14-15,17-22,29,31H,13,16,23,30H2,1H3/t29-/m1/s1. The first-order valence-corrected chi connectivity index (χ1v) is 14.8. The van der Waals surface area contributed by atoms with Gasteiger partial charge in [0, 0.05) is 0 Å². The molecule has 0 radical (unpaired) electrons. The van der Waals surface area contributed by atoms with Crippen LogP contribution < -0.4 is 15.6 Å². The van der Waals surface area contributed by atoms with Gasteiger partial charge in [-0.15, -0.1) is 0 Å². The maximum Gasteiger partial charge on any atom is 0.103 e. The molecule has 4 rings (SSSR count). The van der Waals surface area contributed by atoms with Crippen molar-refractivity contribution < 1.29 is 0 Å². The molecule has 0 nitrogen and oxygen atoms in total. The van der Waals surface area contributed by atoms with Crippen molar-refractivity contribution in [3.8, 4) is 0 Å². The zero-order valence-corrected chi connectivity index (χ0v) is 21.0. The molecule has 4 aromatic carbocycles. The zero-order valence-electron chi connectivity index (χ0n) is 18.5. The molecule has 0 bridgehead atoms. The van der Waals surface area contributed by atoms with Gasteiger partial charge in [0.15, 0.2) is 0 Å². The zero-order chi connectivity index (χ0) is 21.3. The molecule has 2 heteroatoms. The molecular formula is C29H32Si2. The van der Waals surface area contributed by atoms with Gasteiger partial charge < -0.3 is 0 Å². The topological polar surface area (TPSA) is 0 Å². The second-order valence-corrected chi connectivity index (χ2v) is 15.0. The molecule has 0 spiro atoms. The molecule has 0 aliphatic heterocycles. The Morgan fingerprint density at radius 1 is 0.645 bits per heavy atom. The first-order chi connectivity index (χ1) is 15.3. The van der Waals surface area contributed by atoms with Crippen molar-refractivity contribution in [2.75, 3.05) is 0 Å². The Kier molecular flexibility index (Phi) is 7.70. The fourth-order valence-electron chi connectivity index (χ4n) is 4.81. The van der Waals surface area contributed by atoms with Crippen molar-refractivity contribution in [2.24, 2.45) is 0 Å². The van der Waals surface area contributed by atoms with Crippen LogP contribution in [0.3, 0.4) is 0 Å². The molecule has 1 atom stereocenters. The SMILES string of the molecule is Cc1ccccc1CCC[C@H]([SiH2]c1ccccc1)[SiH](c1ccccc1)c1ccccc1. The van der Waals surface area contributed by atoms with E-state index in [1.54, 1.807) is 15.6 Å². The molecule has 0 saturated carbocycles. The Labute approximate surface area is 191 Å². The normalized spacial score (nSPS) is 12.5. The highest BCUT2D eigenvalue weighted by atomic mass is 28.3. The number of hydrogen-bond acceptors (Lipinski definition) is 0. The van der Waals surface area contributed by atoms with Crippen molar-refractivity contribution >= 4 is 33.9 Å². The summed E-state index contributed by atoms with van der Waals surface area (Å²) in [4.78, 5) is 0. The third-order valence-electron chi connectivity index (χ3n) is 6.41. The van der Waals surface area contributed by atoms with Crippen LogP contribution in [-0.4, -0.2) is 18.3 Å². The lowest BCUT2D eigenvalue weighted by atomic mass is 10.0. The smallest absolute Gasteiger partial charge is 0.0669 e. The monoisotopic (exact) mass is 436 g/mol. The largest absolute Gasteiger partial charge is 0.103 e. The molecular weight excluding hydrogens is 404 g/mol. The summed E-state index contributed by atoms with van der Waals surface area (Å²) in [5, 5.41) is 5.63. The first kappa shape index (κ1) is 21.5. The van der Waals surface area contributed by atoms with Gasteiger partial charge in [0.2, 0.25) is 0 Å². The minimum Gasteiger partial charge on any atom is -0.0669 e. The first-order valence-electron chi connectivity index (χ1n) is 11.5. The average Bonchev–Trinajstić information content (AvgIpc) is 2.82. The lowest BCUT2D eigenvalue weighted by molar-refractivity contribution is 0.763. The van der Waals surface area contributed by atoms with E-state index in [0.29, 0.717) is 0 Å². The summed E-state index contributed by atoms with van der Waals surface area (Å²) in [6.45, 7) is 2.25. The van der Waals surface area contributed by atoms with Gasteiger partial charge in [-0.2, -0.15) is 0 Å². The molecule has 0 fully saturated rings. The van der Waals surface area contributed by atoms with Crippen molar-refractivity contribution in [3.63, 3.8) is 0 Å². The fraction of sp³-hybridized carbons (Fsp3) is 0.172. The second-order valence-electron chi connectivity index (χ2n) is 8.57. The van der Waals surface area contributed by atoms with Crippen LogP contribution >= 0.6 is 0 Å². The number of aryl methyl sites for hydroxylation is 2. The molecule has 0 aliphatic carbocycles. The van der Waals surface area contributed by atoms with E-state index in [2.05, 4.69) is 122 Å². The van der Waals surface area contributed by atoms with E-state index in [9.17, 15) is 0 Å². The molecule has 0 saturated heterocycles. The van der Waals surface area contributed by atoms with Crippen LogP contribution in [0, 0.1) is 6.92 Å². The third kappa shape index (κ3) is 5.93. The number of benzene rings is 4. The lowest BCUT2D eigenvalue weighted by Crippen LogP contribution is -2.49. The summed E-state index contributed by atoms with van der Waals surface area (Å²) in [6.07, 6.45) is 3.80. The van der Waals surface area contributed by atoms with Gasteiger partial charge in [-0.25, -0.2) is 0 Å². The van der Waals surface area contributed by atoms with E-state index >= 15 is 0 Å². The molecule has 0 unspecified atom stereocenters. The van der Waals surface area contributed by atoms with E-state index in [4.69, 9.17) is 0 Å². The summed E-state index contributed by atoms with van der Waals surface area (Å²) in [5.41, 5.74) is 2.94. The molecule has 0 amide bonds. The van der Waals surface area contributed by atoms with Crippen LogP contribution in [0.15, 0.2) is 115 Å². The summed E-state index contributed by atoms with van der Waals surface area (Å²) >= 11 is 0. The van der Waals surface area contributed by atoms with Gasteiger partial charge in [-0.3, -0.25) is 0 Å². The Bertz CT molecular complexity index is 1010. The Hall–Kier alpha value is -2.69. The molecule has 31 heavy (non-hydrogen) atoms. The molecule has 4 aromatic rings. The van der Waals surface area contributed by atoms with Crippen molar-refractivity contribution in [2.45, 2.75) is 31.4 Å². The van der Waals surface area contributed by atoms with Crippen LogP contribution in [0.4, 0.5) is 0 Å². The van der Waals surface area contributed by atoms with E-state index in [1.165, 1.54) is 30.4 Å². The highest BCUT2D eigenvalue weighted by molar-refractivity contribution is 6.93. The van der Waals surface area contributed by atoms with E-state index in [1.807, 2.05) is 0 Å². The van der Waals surface area contributed by atoms with Gasteiger partial charge >= 0.3 is 0 Å². The fourth-order valence-corrected chi connectivity index (χ4v) is 13.2. The molecule has 0 aromatic heterocycles. The van der Waals surface area contributed by atoms with Crippen molar-refractivity contribution in [1.82, 2.24) is 0 Å². The molecule has 0 aliphatic rings. The van der Waals surface area contributed by atoms with Crippen LogP contribution in [0.2, 0.25) is 5.16 Å². The van der Waals surface area contributed by atoms with Gasteiger partial charge in [0.05, 0.1) is 9.52 Å². The second kappa shape index (κ2) is 11.1. The highest BCUT2D eigenvalue weighted by Crippen LogP contribution is 2.20. The average molecular weight is 437 g/mol. The van der Waals surface area contributed by atoms with E-state index < -0.39 is 8.80 Å². The van der Waals surface area contributed by atoms with Crippen molar-refractivity contribution in [1.29, 1.82) is 0 Å². The highest BCUT2D eigenvalue weighted by Gasteiger charge is 2.27. The van der Waals surface area contributed by atoms with Gasteiger partial charge in [0.25, 0.3) is 0 Å².